The van der Waals surface area contributed by atoms with E-state index in [1.807, 2.05) is 39.2 Å². The molecule has 1 saturated heterocycles. The van der Waals surface area contributed by atoms with Crippen molar-refractivity contribution in [1.82, 2.24) is 13.2 Å². The van der Waals surface area contributed by atoms with Crippen LogP contribution in [0.3, 0.4) is 0 Å². The van der Waals surface area contributed by atoms with Gasteiger partial charge in [-0.05, 0) is 30.7 Å². The Morgan fingerprint density at radius 2 is 2.07 bits per heavy atom. The first-order valence-corrected chi connectivity index (χ1v) is 10.6. The molecule has 0 amide bonds. The van der Waals surface area contributed by atoms with E-state index in [0.717, 1.165) is 48.5 Å². The van der Waals surface area contributed by atoms with Crippen LogP contribution in [0.4, 0.5) is 9.57 Å². The van der Waals surface area contributed by atoms with Gasteiger partial charge >= 0.3 is 0 Å². The lowest BCUT2D eigenvalue weighted by Crippen LogP contribution is -2.32. The van der Waals surface area contributed by atoms with E-state index in [4.69, 9.17) is 4.74 Å². The summed E-state index contributed by atoms with van der Waals surface area (Å²) in [6.07, 6.45) is 1.68. The van der Waals surface area contributed by atoms with Crippen molar-refractivity contribution in [2.75, 3.05) is 45.1 Å². The molecule has 0 radical (unpaired) electrons. The zero-order valence-electron chi connectivity index (χ0n) is 16.7. The Morgan fingerprint density at radius 1 is 1.34 bits per heavy atom. The number of anilines is 1. The number of nitrogens with zero attached hydrogens (tertiary/aromatic N) is 4. The van der Waals surface area contributed by atoms with Crippen LogP contribution in [0.2, 0.25) is 0 Å². The monoisotopic (exact) mass is 433 g/mol. The van der Waals surface area contributed by atoms with Gasteiger partial charge in [-0.3, -0.25) is 3.97 Å². The maximum atomic E-state index is 13.9. The van der Waals surface area contributed by atoms with Crippen LogP contribution in [0, 0.1) is 18.3 Å². The lowest BCUT2D eigenvalue weighted by atomic mass is 10.1. The molecule has 0 saturated carbocycles. The van der Waals surface area contributed by atoms with Crippen molar-refractivity contribution in [3.63, 3.8) is 0 Å². The van der Waals surface area contributed by atoms with E-state index in [-0.39, 0.29) is 12.3 Å². The van der Waals surface area contributed by atoms with Gasteiger partial charge in [0, 0.05) is 56.5 Å². The zero-order valence-corrected chi connectivity index (χ0v) is 18.4. The maximum Gasteiger partial charge on any atom is 0.170 e. The molecule has 1 aliphatic rings. The van der Waals surface area contributed by atoms with Crippen LogP contribution in [0.1, 0.15) is 11.3 Å². The van der Waals surface area contributed by atoms with Crippen LogP contribution >= 0.6 is 24.5 Å². The van der Waals surface area contributed by atoms with Crippen LogP contribution in [0.15, 0.2) is 36.6 Å². The number of nitrogens with one attached hydrogen (secondary N) is 1. The third kappa shape index (κ3) is 4.90. The molecule has 154 valence electrons. The van der Waals surface area contributed by atoms with E-state index in [9.17, 15) is 9.15 Å². The lowest BCUT2D eigenvalue weighted by molar-refractivity contribution is 0.0775. The van der Waals surface area contributed by atoms with Crippen LogP contribution in [-0.4, -0.2) is 53.6 Å². The van der Waals surface area contributed by atoms with Crippen LogP contribution in [-0.2, 0) is 4.74 Å². The largest absolute Gasteiger partial charge is 0.382 e. The van der Waals surface area contributed by atoms with Gasteiger partial charge in [-0.2, -0.15) is 5.26 Å². The van der Waals surface area contributed by atoms with Gasteiger partial charge in [0.1, 0.15) is 6.07 Å². The minimum atomic E-state index is 0.111. The normalized spacial score (nSPS) is 15.3. The molecule has 0 unspecified atom stereocenters. The Kier molecular flexibility index (Phi) is 7.14. The molecular formula is C20H24FN5OS2. The fourth-order valence-corrected chi connectivity index (χ4v) is 4.31. The third-order valence-electron chi connectivity index (χ3n) is 4.57. The summed E-state index contributed by atoms with van der Waals surface area (Å²) in [7, 11) is 3.66. The molecule has 1 aromatic heterocycles. The van der Waals surface area contributed by atoms with Crippen molar-refractivity contribution in [3.05, 3.63) is 47.8 Å². The quantitative estimate of drug-likeness (QED) is 0.388. The average molecular weight is 434 g/mol. The zero-order chi connectivity index (χ0) is 21.0. The molecule has 2 heterocycles. The number of ether oxygens (including phenoxy) is 1. The first kappa shape index (κ1) is 21.6. The minimum Gasteiger partial charge on any atom is -0.382 e. The van der Waals surface area contributed by atoms with Crippen molar-refractivity contribution in [3.8, 4) is 6.07 Å². The average Bonchev–Trinajstić information content (AvgIpc) is 3.07. The predicted molar refractivity (Wildman–Crippen MR) is 121 cm³/mol. The maximum absolute atomic E-state index is 13.9. The summed E-state index contributed by atoms with van der Waals surface area (Å²) < 4.78 is 26.3. The van der Waals surface area contributed by atoms with E-state index < -0.39 is 0 Å². The number of morpholine rings is 1. The fraction of sp³-hybridized carbons (Fsp3) is 0.350. The first-order valence-electron chi connectivity index (χ1n) is 9.13. The fourth-order valence-electron chi connectivity index (χ4n) is 3.06. The van der Waals surface area contributed by atoms with E-state index >= 15 is 0 Å². The van der Waals surface area contributed by atoms with Crippen molar-refractivity contribution in [2.45, 2.75) is 6.92 Å². The molecule has 1 N–H and O–H groups in total. The second-order valence-corrected chi connectivity index (χ2v) is 8.36. The summed E-state index contributed by atoms with van der Waals surface area (Å²) in [5.74, 6) is 0. The number of halogens is 1. The molecule has 0 spiro atoms. The Bertz CT molecular complexity index is 973. The van der Waals surface area contributed by atoms with Gasteiger partial charge in [0.2, 0.25) is 0 Å². The van der Waals surface area contributed by atoms with Gasteiger partial charge in [-0.15, -0.1) is 3.89 Å². The predicted octanol–water partition coefficient (Wildman–Crippen LogP) is 4.62. The van der Waals surface area contributed by atoms with E-state index in [2.05, 4.69) is 21.7 Å². The second-order valence-electron chi connectivity index (χ2n) is 6.95. The summed E-state index contributed by atoms with van der Waals surface area (Å²) in [4.78, 5) is 1.77. The highest BCUT2D eigenvalue weighted by Gasteiger charge is 2.18. The summed E-state index contributed by atoms with van der Waals surface area (Å²) >= 11 is 1.64. The highest BCUT2D eigenvalue weighted by atomic mass is 32.2. The van der Waals surface area contributed by atoms with Gasteiger partial charge in [-0.1, -0.05) is 6.58 Å². The lowest BCUT2D eigenvalue weighted by Gasteiger charge is -2.25. The summed E-state index contributed by atoms with van der Waals surface area (Å²) in [5.41, 5.74) is 4.15. The van der Waals surface area contributed by atoms with Crippen molar-refractivity contribution in [2.24, 2.45) is 0 Å². The van der Waals surface area contributed by atoms with Gasteiger partial charge in [0.25, 0.3) is 0 Å². The van der Waals surface area contributed by atoms with Gasteiger partial charge < -0.3 is 14.4 Å². The Balaban J connectivity index is 1.93. The van der Waals surface area contributed by atoms with Gasteiger partial charge in [0.15, 0.2) is 12.3 Å². The summed E-state index contributed by atoms with van der Waals surface area (Å²) in [5, 5.41) is 10.4. The molecule has 1 aromatic carbocycles. The number of fused-ring (bicyclic) bond motifs is 1. The third-order valence-corrected chi connectivity index (χ3v) is 6.04. The smallest absolute Gasteiger partial charge is 0.170 e. The Labute approximate surface area is 179 Å². The van der Waals surface area contributed by atoms with Gasteiger partial charge in [-0.25, -0.2) is 4.31 Å². The standard InChI is InChI=1S/C20H24FN5OS2/c1-14-9-16-10-19(15(2)17(12-22)13-24(3)4)26(28-21)20(16)11-18(14)23-29-25-5-7-27-8-6-25/h9-11,13,23H,2,5-8H2,1,3-4H3/b17-13+. The summed E-state index contributed by atoms with van der Waals surface area (Å²) in [6.45, 7) is 9.21. The molecule has 6 nitrogen and oxygen atoms in total. The van der Waals surface area contributed by atoms with Gasteiger partial charge in [0.05, 0.1) is 35.7 Å². The summed E-state index contributed by atoms with van der Waals surface area (Å²) in [6, 6.07) is 7.97. The van der Waals surface area contributed by atoms with Crippen LogP contribution in [0.25, 0.3) is 16.5 Å². The molecule has 1 fully saturated rings. The number of aryl methyl sites for hydroxylation is 1. The molecule has 0 bridgehead atoms. The number of aromatic nitrogens is 1. The van der Waals surface area contributed by atoms with Crippen LogP contribution < -0.4 is 4.72 Å². The molecular weight excluding hydrogens is 409 g/mol. The van der Waals surface area contributed by atoms with E-state index in [1.165, 1.54) is 16.1 Å². The molecule has 2 aromatic rings. The second kappa shape index (κ2) is 9.59. The molecule has 0 aliphatic carbocycles. The Hall–Kier alpha value is -2.12. The van der Waals surface area contributed by atoms with Crippen molar-refractivity contribution in [1.29, 1.82) is 5.26 Å². The number of hydrogen-bond donors (Lipinski definition) is 1. The SMILES string of the molecule is C=C(/C(C#N)=C/N(C)C)c1cc2cc(C)c(NSN3CCOCC3)cc2n1SF. The number of benzene rings is 1. The highest BCUT2D eigenvalue weighted by Crippen LogP contribution is 2.35. The van der Waals surface area contributed by atoms with Crippen molar-refractivity contribution < 1.29 is 8.62 Å². The van der Waals surface area contributed by atoms with E-state index in [1.54, 1.807) is 11.1 Å². The number of nitriles is 1. The molecule has 1 aliphatic heterocycles. The number of hydrogen-bond acceptors (Lipinski definition) is 7. The first-order chi connectivity index (χ1) is 13.9. The number of allylic oxidation sites excluding steroid dienone is 2. The number of rotatable bonds is 7. The van der Waals surface area contributed by atoms with Crippen molar-refractivity contribution >= 4 is 46.6 Å². The minimum absolute atomic E-state index is 0.111. The van der Waals surface area contributed by atoms with Crippen LogP contribution in [0.5, 0.6) is 0 Å². The van der Waals surface area contributed by atoms with E-state index in [0.29, 0.717) is 16.8 Å². The molecule has 3 rings (SSSR count). The topological polar surface area (TPSA) is 56.5 Å². The molecule has 9 heteroatoms. The molecule has 29 heavy (non-hydrogen) atoms. The molecule has 0 atom stereocenters. The highest BCUT2D eigenvalue weighted by molar-refractivity contribution is 7.98. The Morgan fingerprint density at radius 3 is 2.69 bits per heavy atom.